The maximum atomic E-state index is 2.89. The standard InChI is InChI=1S/C90H60N4S3/c1-7-31-61(32-8-1)91(62-33-9-2-10-34-62)67-55-82-88-83(56-67)96(78-51-27-21-45-72(78)73-46-22-28-52-79(73)96)85-58-69(93(65-39-15-5-16-40-65)66-41-17-6-18-42-66)60-87-90(85)94(88)89-84(95(82)76-49-25-19-43-70(76)71-44-20-26-50-77(71)95)57-68(92(63-35-11-3-12-36-63)64-37-13-4-14-38-64)59-86(89)97(87)80-53-29-23-47-74(80)75-48-24-30-54-81(75)97/h1-60H. The number of hydrogen-bond donors (Lipinski definition) is 0. The van der Waals surface area contributed by atoms with Gasteiger partial charge < -0.3 is 19.6 Å². The summed E-state index contributed by atoms with van der Waals surface area (Å²) in [5.41, 5.74) is 21.6. The Morgan fingerprint density at radius 2 is 0.309 bits per heavy atom. The van der Waals surface area contributed by atoms with Gasteiger partial charge >= 0.3 is 0 Å². The molecule has 3 spiro atoms. The lowest BCUT2D eigenvalue weighted by atomic mass is 10.1. The van der Waals surface area contributed by atoms with Gasteiger partial charge in [-0.05, 0) is 179 Å². The highest BCUT2D eigenvalue weighted by Gasteiger charge is 2.61. The topological polar surface area (TPSA) is 13.0 Å². The predicted octanol–water partition coefficient (Wildman–Crippen LogP) is 26.5. The third-order valence-electron chi connectivity index (χ3n) is 20.8. The van der Waals surface area contributed by atoms with Crippen LogP contribution in [0.15, 0.2) is 423 Å². The molecule has 15 aromatic carbocycles. The van der Waals surface area contributed by atoms with Crippen molar-refractivity contribution in [1.82, 2.24) is 0 Å². The first-order chi connectivity index (χ1) is 48.2. The van der Waals surface area contributed by atoms with Crippen LogP contribution in [0.3, 0.4) is 0 Å². The normalized spacial score (nSPS) is 15.4. The van der Waals surface area contributed by atoms with Gasteiger partial charge in [-0.1, -0.05) is 218 Å². The first kappa shape index (κ1) is 54.9. The summed E-state index contributed by atoms with van der Waals surface area (Å²) < 4.78 is 0. The molecular formula is C90H60N4S3. The number of nitrogens with zero attached hydrogens (tertiary/aromatic N) is 4. The highest BCUT2D eigenvalue weighted by Crippen LogP contribution is 2.96. The monoisotopic (exact) mass is 1290 g/mol. The van der Waals surface area contributed by atoms with E-state index in [1.165, 1.54) is 109 Å². The molecule has 6 heterocycles. The molecule has 15 aromatic rings. The minimum atomic E-state index is -2.54. The molecule has 0 aromatic heterocycles. The molecule has 0 saturated carbocycles. The smallest absolute Gasteiger partial charge is 0.0726 e. The Labute approximate surface area is 569 Å². The molecule has 0 fully saturated rings. The van der Waals surface area contributed by atoms with Crippen LogP contribution in [0.4, 0.5) is 68.2 Å². The van der Waals surface area contributed by atoms with Crippen molar-refractivity contribution >= 4 is 98.3 Å². The SMILES string of the molecule is c1ccc(N(c2ccccc2)c2cc3c4c(c2)S2(c5ccccc5-c5ccccc52)c2cc(N(c5ccccc5)c5ccccc5)cc5c2N4c2c(cc(N(c4ccccc4)c4ccccc4)cc2S52c4ccccc4-c4ccccc42)S32c3ccccc3-c3ccccc32)cc1. The molecule has 4 nitrogen and oxygen atoms in total. The van der Waals surface area contributed by atoms with E-state index >= 15 is 0 Å². The molecule has 0 N–H and O–H groups in total. The van der Waals surface area contributed by atoms with Gasteiger partial charge in [-0.15, -0.1) is 30.1 Å². The van der Waals surface area contributed by atoms with Crippen molar-refractivity contribution in [2.24, 2.45) is 0 Å². The summed E-state index contributed by atoms with van der Waals surface area (Å²) in [7, 11) is -7.62. The van der Waals surface area contributed by atoms with E-state index in [-0.39, 0.29) is 0 Å². The van der Waals surface area contributed by atoms with Crippen LogP contribution in [0.5, 0.6) is 0 Å². The second-order valence-electron chi connectivity index (χ2n) is 25.5. The average Bonchev–Trinajstić information content (AvgIpc) is 1.60. The van der Waals surface area contributed by atoms with Crippen LogP contribution < -0.4 is 19.6 Å². The van der Waals surface area contributed by atoms with Crippen LogP contribution in [0.2, 0.25) is 0 Å². The summed E-state index contributed by atoms with van der Waals surface area (Å²) in [6, 6.07) is 140. The molecule has 21 rings (SSSR count). The lowest BCUT2D eigenvalue weighted by Crippen LogP contribution is -2.33. The summed E-state index contributed by atoms with van der Waals surface area (Å²) in [6.07, 6.45) is 0. The zero-order valence-electron chi connectivity index (χ0n) is 52.7. The molecular weight excluding hydrogens is 1230 g/mol. The molecule has 6 aliphatic rings. The fraction of sp³-hybridized carbons (Fsp3) is 0. The maximum absolute atomic E-state index is 2.89. The van der Waals surface area contributed by atoms with Gasteiger partial charge in [0.25, 0.3) is 0 Å². The minimum Gasteiger partial charge on any atom is -0.310 e. The Bertz CT molecular complexity index is 4850. The van der Waals surface area contributed by atoms with E-state index in [1.54, 1.807) is 0 Å². The maximum Gasteiger partial charge on any atom is 0.0726 e. The number of rotatable bonds is 9. The Kier molecular flexibility index (Phi) is 11.8. The van der Waals surface area contributed by atoms with E-state index in [4.69, 9.17) is 0 Å². The Morgan fingerprint density at radius 1 is 0.155 bits per heavy atom. The van der Waals surface area contributed by atoms with Gasteiger partial charge in [0.1, 0.15) is 0 Å². The van der Waals surface area contributed by atoms with E-state index in [9.17, 15) is 0 Å². The number of fused-ring (bicyclic) bond motifs is 21. The van der Waals surface area contributed by atoms with Crippen LogP contribution >= 0.6 is 30.1 Å². The van der Waals surface area contributed by atoms with E-state index in [0.29, 0.717) is 0 Å². The zero-order valence-corrected chi connectivity index (χ0v) is 55.1. The summed E-state index contributed by atoms with van der Waals surface area (Å²) in [4.78, 5) is 26.8. The molecule has 0 aliphatic carbocycles. The Balaban J connectivity index is 1.05. The quantitative estimate of drug-likeness (QED) is 0.143. The minimum absolute atomic E-state index is 1.10. The van der Waals surface area contributed by atoms with Crippen molar-refractivity contribution in [3.05, 3.63) is 364 Å². The lowest BCUT2D eigenvalue weighted by Gasteiger charge is -2.60. The van der Waals surface area contributed by atoms with Crippen molar-refractivity contribution < 1.29 is 0 Å². The summed E-state index contributed by atoms with van der Waals surface area (Å²) in [5, 5.41) is 0. The summed E-state index contributed by atoms with van der Waals surface area (Å²) in [6.45, 7) is 0. The average molecular weight is 1290 g/mol. The number of hydrogen-bond acceptors (Lipinski definition) is 4. The summed E-state index contributed by atoms with van der Waals surface area (Å²) >= 11 is 0. The number of benzene rings is 15. The van der Waals surface area contributed by atoms with Gasteiger partial charge in [0.05, 0.1) is 17.1 Å². The molecule has 0 atom stereocenters. The molecule has 0 saturated heterocycles. The van der Waals surface area contributed by atoms with Crippen LogP contribution in [0.25, 0.3) is 33.4 Å². The van der Waals surface area contributed by atoms with E-state index in [1.807, 2.05) is 0 Å². The van der Waals surface area contributed by atoms with Crippen molar-refractivity contribution in [3.63, 3.8) is 0 Å². The fourth-order valence-corrected chi connectivity index (χ4v) is 31.1. The summed E-state index contributed by atoms with van der Waals surface area (Å²) in [5.74, 6) is 0. The second-order valence-corrected chi connectivity index (χ2v) is 34.5. The molecule has 97 heavy (non-hydrogen) atoms. The van der Waals surface area contributed by atoms with Gasteiger partial charge in [-0.3, -0.25) is 0 Å². The molecule has 0 bridgehead atoms. The first-order valence-electron chi connectivity index (χ1n) is 33.3. The van der Waals surface area contributed by atoms with Crippen molar-refractivity contribution in [1.29, 1.82) is 0 Å². The van der Waals surface area contributed by atoms with Gasteiger partial charge in [0.15, 0.2) is 0 Å². The van der Waals surface area contributed by atoms with Crippen molar-refractivity contribution in [3.8, 4) is 33.4 Å². The van der Waals surface area contributed by atoms with E-state index in [2.05, 4.69) is 384 Å². The third kappa shape index (κ3) is 7.22. The van der Waals surface area contributed by atoms with Gasteiger partial charge in [-0.2, -0.15) is 0 Å². The predicted molar refractivity (Wildman–Crippen MR) is 403 cm³/mol. The Morgan fingerprint density at radius 3 is 0.485 bits per heavy atom. The van der Waals surface area contributed by atoms with Crippen LogP contribution in [0, 0.1) is 0 Å². The van der Waals surface area contributed by atoms with Crippen LogP contribution in [-0.2, 0) is 0 Å². The van der Waals surface area contributed by atoms with Crippen molar-refractivity contribution in [2.75, 3.05) is 19.6 Å². The molecule has 458 valence electrons. The molecule has 0 amide bonds. The Hall–Kier alpha value is -11.5. The van der Waals surface area contributed by atoms with E-state index < -0.39 is 30.1 Å². The number of anilines is 12. The zero-order chi connectivity index (χ0) is 63.6. The molecule has 0 radical (unpaired) electrons. The largest absolute Gasteiger partial charge is 0.310 e. The first-order valence-corrected chi connectivity index (χ1v) is 38.2. The fourth-order valence-electron chi connectivity index (χ4n) is 17.2. The molecule has 7 heteroatoms. The highest BCUT2D eigenvalue weighted by atomic mass is 32.3. The van der Waals surface area contributed by atoms with Crippen molar-refractivity contribution in [2.45, 2.75) is 58.7 Å². The van der Waals surface area contributed by atoms with Crippen LogP contribution in [-0.4, -0.2) is 0 Å². The molecule has 6 aliphatic heterocycles. The van der Waals surface area contributed by atoms with E-state index in [0.717, 1.165) is 51.2 Å². The number of para-hydroxylation sites is 6. The van der Waals surface area contributed by atoms with Gasteiger partial charge in [0, 0.05) is 110 Å². The molecule has 0 unspecified atom stereocenters. The lowest BCUT2D eigenvalue weighted by molar-refractivity contribution is 0.976. The van der Waals surface area contributed by atoms with Gasteiger partial charge in [0.2, 0.25) is 0 Å². The highest BCUT2D eigenvalue weighted by molar-refractivity contribution is 8.36. The van der Waals surface area contributed by atoms with Gasteiger partial charge in [-0.25, -0.2) is 0 Å². The third-order valence-corrected chi connectivity index (χ3v) is 32.7. The second kappa shape index (κ2) is 20.8. The van der Waals surface area contributed by atoms with Crippen LogP contribution in [0.1, 0.15) is 0 Å².